The minimum atomic E-state index is 0.553. The Morgan fingerprint density at radius 3 is 2.90 bits per heavy atom. The minimum absolute atomic E-state index is 0.553. The van der Waals surface area contributed by atoms with Gasteiger partial charge in [-0.05, 0) is 6.42 Å². The Morgan fingerprint density at radius 2 is 2.40 bits per heavy atom. The van der Waals surface area contributed by atoms with Crippen LogP contribution in [0.15, 0.2) is 4.99 Å². The van der Waals surface area contributed by atoms with Crippen molar-refractivity contribution in [1.29, 1.82) is 0 Å². The third kappa shape index (κ3) is 1.14. The van der Waals surface area contributed by atoms with Crippen LogP contribution in [0.1, 0.15) is 12.8 Å². The van der Waals surface area contributed by atoms with Gasteiger partial charge in [0.1, 0.15) is 0 Å². The van der Waals surface area contributed by atoms with Crippen molar-refractivity contribution < 1.29 is 4.74 Å². The Balaban J connectivity index is 1.77. The lowest BCUT2D eigenvalue weighted by molar-refractivity contribution is 0.00308. The Kier molecular flexibility index (Phi) is 1.59. The van der Waals surface area contributed by atoms with Gasteiger partial charge in [0.2, 0.25) is 0 Å². The van der Waals surface area contributed by atoms with Crippen LogP contribution < -0.4 is 5.32 Å². The smallest absolute Gasteiger partial charge is 0.0967 e. The van der Waals surface area contributed by atoms with Gasteiger partial charge in [0.25, 0.3) is 0 Å². The van der Waals surface area contributed by atoms with Gasteiger partial charge in [-0.25, -0.2) is 0 Å². The summed E-state index contributed by atoms with van der Waals surface area (Å²) in [7, 11) is 0. The first-order valence-electron chi connectivity index (χ1n) is 3.83. The number of nitrogens with zero attached hydrogens (tertiary/aromatic N) is 1. The predicted molar refractivity (Wildman–Crippen MR) is 39.3 cm³/mol. The van der Waals surface area contributed by atoms with Crippen LogP contribution in [0.2, 0.25) is 0 Å². The third-order valence-electron chi connectivity index (χ3n) is 1.88. The average molecular weight is 140 g/mol. The zero-order valence-electron chi connectivity index (χ0n) is 5.97. The van der Waals surface area contributed by atoms with Gasteiger partial charge in [0.15, 0.2) is 0 Å². The SMILES string of the molecule is C1CN=C(NC2COC2)C1. The van der Waals surface area contributed by atoms with Gasteiger partial charge in [0, 0.05) is 13.0 Å². The Bertz CT molecular complexity index is 152. The van der Waals surface area contributed by atoms with Gasteiger partial charge in [-0.2, -0.15) is 0 Å². The molecule has 0 amide bonds. The Labute approximate surface area is 60.5 Å². The van der Waals surface area contributed by atoms with Gasteiger partial charge in [-0.15, -0.1) is 0 Å². The van der Waals surface area contributed by atoms with Gasteiger partial charge in [-0.3, -0.25) is 4.99 Å². The molecule has 0 bridgehead atoms. The van der Waals surface area contributed by atoms with Crippen LogP contribution in [-0.4, -0.2) is 31.6 Å². The topological polar surface area (TPSA) is 33.6 Å². The monoisotopic (exact) mass is 140 g/mol. The van der Waals surface area contributed by atoms with E-state index in [9.17, 15) is 0 Å². The van der Waals surface area contributed by atoms with Crippen LogP contribution in [0, 0.1) is 0 Å². The highest BCUT2D eigenvalue weighted by Crippen LogP contribution is 2.05. The Morgan fingerprint density at radius 1 is 1.50 bits per heavy atom. The molecule has 56 valence electrons. The predicted octanol–water partition coefficient (Wildman–Crippen LogP) is 0.167. The molecule has 2 aliphatic heterocycles. The molecule has 0 aromatic rings. The maximum atomic E-state index is 5.03. The molecule has 0 unspecified atom stereocenters. The van der Waals surface area contributed by atoms with E-state index < -0.39 is 0 Å². The van der Waals surface area contributed by atoms with E-state index in [1.807, 2.05) is 0 Å². The first kappa shape index (κ1) is 6.16. The first-order valence-corrected chi connectivity index (χ1v) is 3.83. The van der Waals surface area contributed by atoms with Crippen molar-refractivity contribution in [3.63, 3.8) is 0 Å². The molecular weight excluding hydrogens is 128 g/mol. The van der Waals surface area contributed by atoms with Crippen molar-refractivity contribution in [2.24, 2.45) is 4.99 Å². The van der Waals surface area contributed by atoms with E-state index in [4.69, 9.17) is 4.74 Å². The van der Waals surface area contributed by atoms with Crippen LogP contribution in [0.4, 0.5) is 0 Å². The van der Waals surface area contributed by atoms with Gasteiger partial charge in [-0.1, -0.05) is 0 Å². The van der Waals surface area contributed by atoms with Crippen LogP contribution in [-0.2, 0) is 4.74 Å². The summed E-state index contributed by atoms with van der Waals surface area (Å²) < 4.78 is 5.03. The van der Waals surface area contributed by atoms with Crippen LogP contribution >= 0.6 is 0 Å². The lowest BCUT2D eigenvalue weighted by Gasteiger charge is -2.27. The minimum Gasteiger partial charge on any atom is -0.377 e. The van der Waals surface area contributed by atoms with E-state index in [2.05, 4.69) is 10.3 Å². The highest BCUT2D eigenvalue weighted by molar-refractivity contribution is 5.83. The van der Waals surface area contributed by atoms with E-state index in [0.717, 1.165) is 26.2 Å². The number of aliphatic imine (C=N–C) groups is 1. The molecule has 3 heteroatoms. The average Bonchev–Trinajstić information content (AvgIpc) is 2.29. The third-order valence-corrected chi connectivity index (χ3v) is 1.88. The van der Waals surface area contributed by atoms with Crippen molar-refractivity contribution in [3.05, 3.63) is 0 Å². The van der Waals surface area contributed by atoms with E-state index in [-0.39, 0.29) is 0 Å². The molecule has 0 saturated carbocycles. The summed E-state index contributed by atoms with van der Waals surface area (Å²) in [6, 6.07) is 0.553. The number of rotatable bonds is 1. The molecule has 0 radical (unpaired) electrons. The molecule has 1 fully saturated rings. The number of hydrogen-bond acceptors (Lipinski definition) is 3. The fourth-order valence-electron chi connectivity index (χ4n) is 1.21. The number of ether oxygens (including phenoxy) is 1. The normalized spacial score (nSPS) is 25.8. The molecule has 0 aromatic heterocycles. The number of nitrogens with one attached hydrogen (secondary N) is 1. The lowest BCUT2D eigenvalue weighted by Crippen LogP contribution is -2.48. The van der Waals surface area contributed by atoms with Crippen molar-refractivity contribution in [2.75, 3.05) is 19.8 Å². The maximum Gasteiger partial charge on any atom is 0.0967 e. The van der Waals surface area contributed by atoms with Crippen molar-refractivity contribution >= 4 is 5.84 Å². The van der Waals surface area contributed by atoms with Crippen molar-refractivity contribution in [2.45, 2.75) is 18.9 Å². The molecule has 2 rings (SSSR count). The fourth-order valence-corrected chi connectivity index (χ4v) is 1.21. The molecule has 0 aromatic carbocycles. The molecule has 2 aliphatic rings. The highest BCUT2D eigenvalue weighted by atomic mass is 16.5. The highest BCUT2D eigenvalue weighted by Gasteiger charge is 2.19. The maximum absolute atomic E-state index is 5.03. The van der Waals surface area contributed by atoms with E-state index in [1.54, 1.807) is 0 Å². The first-order chi connectivity index (χ1) is 4.95. The largest absolute Gasteiger partial charge is 0.377 e. The summed E-state index contributed by atoms with van der Waals surface area (Å²) in [6.07, 6.45) is 2.35. The van der Waals surface area contributed by atoms with Gasteiger partial charge < -0.3 is 10.1 Å². The fraction of sp³-hybridized carbons (Fsp3) is 0.857. The van der Waals surface area contributed by atoms with E-state index in [1.165, 1.54) is 12.3 Å². The summed E-state index contributed by atoms with van der Waals surface area (Å²) in [5.74, 6) is 1.19. The number of amidine groups is 1. The van der Waals surface area contributed by atoms with Crippen LogP contribution in [0.3, 0.4) is 0 Å². The standard InChI is InChI=1S/C7H12N2O/c1-2-7(8-3-1)9-6-4-10-5-6/h6H,1-5H2,(H,8,9). The summed E-state index contributed by atoms with van der Waals surface area (Å²) >= 11 is 0. The van der Waals surface area contributed by atoms with Crippen molar-refractivity contribution in [3.8, 4) is 0 Å². The van der Waals surface area contributed by atoms with Crippen LogP contribution in [0.5, 0.6) is 0 Å². The van der Waals surface area contributed by atoms with E-state index in [0.29, 0.717) is 6.04 Å². The molecule has 3 nitrogen and oxygen atoms in total. The molecule has 1 N–H and O–H groups in total. The summed E-state index contributed by atoms with van der Waals surface area (Å²) in [6.45, 7) is 2.73. The van der Waals surface area contributed by atoms with Gasteiger partial charge in [0.05, 0.1) is 25.1 Å². The zero-order valence-corrected chi connectivity index (χ0v) is 5.97. The second-order valence-corrected chi connectivity index (χ2v) is 2.81. The molecule has 1 saturated heterocycles. The molecule has 2 heterocycles. The second kappa shape index (κ2) is 2.58. The lowest BCUT2D eigenvalue weighted by atomic mass is 10.2. The summed E-state index contributed by atoms with van der Waals surface area (Å²) in [5, 5.41) is 3.34. The number of hydrogen-bond donors (Lipinski definition) is 1. The quantitative estimate of drug-likeness (QED) is 0.563. The molecular formula is C7H12N2O. The molecule has 10 heavy (non-hydrogen) atoms. The van der Waals surface area contributed by atoms with Crippen LogP contribution in [0.25, 0.3) is 0 Å². The van der Waals surface area contributed by atoms with Crippen molar-refractivity contribution in [1.82, 2.24) is 5.32 Å². The summed E-state index contributed by atoms with van der Waals surface area (Å²) in [4.78, 5) is 4.31. The molecule has 0 spiro atoms. The van der Waals surface area contributed by atoms with Gasteiger partial charge >= 0.3 is 0 Å². The van der Waals surface area contributed by atoms with E-state index >= 15 is 0 Å². The molecule has 0 atom stereocenters. The summed E-state index contributed by atoms with van der Waals surface area (Å²) in [5.41, 5.74) is 0. The Hall–Kier alpha value is -0.570. The second-order valence-electron chi connectivity index (χ2n) is 2.81. The zero-order chi connectivity index (χ0) is 6.81. The molecule has 0 aliphatic carbocycles.